The maximum atomic E-state index is 12.1. The van der Waals surface area contributed by atoms with Crippen LogP contribution in [0.25, 0.3) is 0 Å². The molecule has 1 aromatic heterocycles. The lowest BCUT2D eigenvalue weighted by atomic mass is 10.2. The Bertz CT molecular complexity index is 691. The zero-order valence-electron chi connectivity index (χ0n) is 10.7. The van der Waals surface area contributed by atoms with E-state index >= 15 is 0 Å². The minimum absolute atomic E-state index is 0.298. The quantitative estimate of drug-likeness (QED) is 0.823. The molecule has 1 N–H and O–H groups in total. The van der Waals surface area contributed by atoms with Gasteiger partial charge in [0.25, 0.3) is 5.91 Å². The molecule has 1 aliphatic heterocycles. The number of fused-ring (bicyclic) bond motifs is 1. The summed E-state index contributed by atoms with van der Waals surface area (Å²) in [6, 6.07) is 6.64. The van der Waals surface area contributed by atoms with E-state index in [9.17, 15) is 4.79 Å². The number of ether oxygens (including phenoxy) is 2. The highest BCUT2D eigenvalue weighted by atomic mass is 79.9. The molecule has 0 saturated heterocycles. The normalized spacial score (nSPS) is 12.9. The Labute approximate surface area is 134 Å². The van der Waals surface area contributed by atoms with Crippen LogP contribution < -0.4 is 14.8 Å². The number of nitrogens with zero attached hydrogens (tertiary/aromatic N) is 1. The lowest BCUT2D eigenvalue weighted by Crippen LogP contribution is -2.17. The van der Waals surface area contributed by atoms with Gasteiger partial charge in [-0.15, -0.1) is 0 Å². The summed E-state index contributed by atoms with van der Waals surface area (Å²) < 4.78 is 11.6. The fourth-order valence-electron chi connectivity index (χ4n) is 1.86. The van der Waals surface area contributed by atoms with Gasteiger partial charge in [0.05, 0.1) is 16.3 Å². The van der Waals surface area contributed by atoms with Gasteiger partial charge in [-0.25, -0.2) is 4.98 Å². The van der Waals surface area contributed by atoms with Crippen LogP contribution in [0.3, 0.4) is 0 Å². The Morgan fingerprint density at radius 2 is 1.95 bits per heavy atom. The van der Waals surface area contributed by atoms with Gasteiger partial charge in [-0.3, -0.25) is 4.79 Å². The van der Waals surface area contributed by atoms with Crippen molar-refractivity contribution in [3.8, 4) is 11.5 Å². The maximum Gasteiger partial charge on any atom is 0.257 e. The maximum absolute atomic E-state index is 12.1. The lowest BCUT2D eigenvalue weighted by Gasteiger charge is -2.20. The standard InChI is InChI=1S/C14H10BrClN2O3/c15-13-2-1-8(7-17-13)14(19)18-10-6-12-11(5-9(10)16)20-3-4-21-12/h1-2,5-7H,3-4H2,(H,18,19). The lowest BCUT2D eigenvalue weighted by molar-refractivity contribution is 0.102. The molecule has 0 atom stereocenters. The number of carbonyl (C=O) groups is 1. The minimum Gasteiger partial charge on any atom is -0.486 e. The number of anilines is 1. The van der Waals surface area contributed by atoms with Gasteiger partial charge in [-0.05, 0) is 28.1 Å². The average molecular weight is 370 g/mol. The van der Waals surface area contributed by atoms with E-state index in [2.05, 4.69) is 26.2 Å². The van der Waals surface area contributed by atoms with Crippen LogP contribution in [0.5, 0.6) is 11.5 Å². The smallest absolute Gasteiger partial charge is 0.257 e. The van der Waals surface area contributed by atoms with E-state index in [1.807, 2.05) is 0 Å². The van der Waals surface area contributed by atoms with Crippen molar-refractivity contribution in [2.45, 2.75) is 0 Å². The fourth-order valence-corrected chi connectivity index (χ4v) is 2.30. The molecule has 3 rings (SSSR count). The van der Waals surface area contributed by atoms with Crippen molar-refractivity contribution in [3.05, 3.63) is 45.7 Å². The molecule has 0 spiro atoms. The highest BCUT2D eigenvalue weighted by Crippen LogP contribution is 2.38. The van der Waals surface area contributed by atoms with E-state index in [0.29, 0.717) is 45.6 Å². The van der Waals surface area contributed by atoms with Gasteiger partial charge in [0.2, 0.25) is 0 Å². The average Bonchev–Trinajstić information content (AvgIpc) is 2.48. The number of nitrogens with one attached hydrogen (secondary N) is 1. The Hall–Kier alpha value is -1.79. The third kappa shape index (κ3) is 3.11. The zero-order valence-corrected chi connectivity index (χ0v) is 13.1. The van der Waals surface area contributed by atoms with Gasteiger partial charge in [0.15, 0.2) is 11.5 Å². The van der Waals surface area contributed by atoms with E-state index in [4.69, 9.17) is 21.1 Å². The number of pyridine rings is 1. The number of hydrogen-bond acceptors (Lipinski definition) is 4. The summed E-state index contributed by atoms with van der Waals surface area (Å²) in [5.74, 6) is 0.845. The van der Waals surface area contributed by atoms with Crippen LogP contribution in [0.2, 0.25) is 5.02 Å². The van der Waals surface area contributed by atoms with Gasteiger partial charge in [0.1, 0.15) is 17.8 Å². The number of carbonyl (C=O) groups excluding carboxylic acids is 1. The van der Waals surface area contributed by atoms with Gasteiger partial charge < -0.3 is 14.8 Å². The minimum atomic E-state index is -0.298. The summed E-state index contributed by atoms with van der Waals surface area (Å²) in [6.07, 6.45) is 1.48. The highest BCUT2D eigenvalue weighted by Gasteiger charge is 2.17. The molecule has 7 heteroatoms. The predicted molar refractivity (Wildman–Crippen MR) is 82.3 cm³/mol. The van der Waals surface area contributed by atoms with E-state index in [1.165, 1.54) is 6.20 Å². The number of aromatic nitrogens is 1. The van der Waals surface area contributed by atoms with Gasteiger partial charge in [-0.2, -0.15) is 0 Å². The van der Waals surface area contributed by atoms with E-state index in [1.54, 1.807) is 24.3 Å². The van der Waals surface area contributed by atoms with Crippen LogP contribution in [-0.2, 0) is 0 Å². The number of amides is 1. The summed E-state index contributed by atoms with van der Waals surface area (Å²) >= 11 is 9.36. The summed E-state index contributed by atoms with van der Waals surface area (Å²) in [6.45, 7) is 0.957. The van der Waals surface area contributed by atoms with Crippen molar-refractivity contribution in [1.82, 2.24) is 4.98 Å². The van der Waals surface area contributed by atoms with Crippen LogP contribution in [0, 0.1) is 0 Å². The van der Waals surface area contributed by atoms with Crippen LogP contribution >= 0.6 is 27.5 Å². The summed E-state index contributed by atoms with van der Waals surface area (Å²) in [5.41, 5.74) is 0.901. The van der Waals surface area contributed by atoms with E-state index in [-0.39, 0.29) is 5.91 Å². The Morgan fingerprint density at radius 1 is 1.24 bits per heavy atom. The zero-order chi connectivity index (χ0) is 14.8. The molecule has 108 valence electrons. The summed E-state index contributed by atoms with van der Waals surface area (Å²) in [4.78, 5) is 16.2. The second-order valence-corrected chi connectivity index (χ2v) is 5.52. The molecule has 1 aliphatic rings. The summed E-state index contributed by atoms with van der Waals surface area (Å²) in [7, 11) is 0. The molecule has 0 bridgehead atoms. The molecule has 21 heavy (non-hydrogen) atoms. The second-order valence-electron chi connectivity index (χ2n) is 4.30. The van der Waals surface area contributed by atoms with Gasteiger partial charge >= 0.3 is 0 Å². The molecular formula is C14H10BrClN2O3. The first-order chi connectivity index (χ1) is 10.1. The number of rotatable bonds is 2. The fraction of sp³-hybridized carbons (Fsp3) is 0.143. The molecule has 0 aliphatic carbocycles. The first-order valence-corrected chi connectivity index (χ1v) is 7.32. The molecule has 5 nitrogen and oxygen atoms in total. The van der Waals surface area contributed by atoms with Crippen LogP contribution in [0.4, 0.5) is 5.69 Å². The number of benzene rings is 1. The van der Waals surface area contributed by atoms with E-state index in [0.717, 1.165) is 0 Å². The van der Waals surface area contributed by atoms with Crippen LogP contribution in [-0.4, -0.2) is 24.1 Å². The van der Waals surface area contributed by atoms with E-state index < -0.39 is 0 Å². The van der Waals surface area contributed by atoms with Gasteiger partial charge in [-0.1, -0.05) is 11.6 Å². The molecule has 1 amide bonds. The Kier molecular flexibility index (Phi) is 3.98. The monoisotopic (exact) mass is 368 g/mol. The number of hydrogen-bond donors (Lipinski definition) is 1. The first-order valence-electron chi connectivity index (χ1n) is 6.15. The molecular weight excluding hydrogens is 360 g/mol. The molecule has 0 fully saturated rings. The molecule has 0 unspecified atom stereocenters. The topological polar surface area (TPSA) is 60.5 Å². The van der Waals surface area contributed by atoms with Crippen molar-refractivity contribution in [1.29, 1.82) is 0 Å². The Morgan fingerprint density at radius 3 is 2.62 bits per heavy atom. The molecule has 1 aromatic carbocycles. The van der Waals surface area contributed by atoms with Crippen molar-refractivity contribution >= 4 is 39.1 Å². The largest absolute Gasteiger partial charge is 0.486 e. The molecule has 0 saturated carbocycles. The Balaban J connectivity index is 1.84. The SMILES string of the molecule is O=C(Nc1cc2c(cc1Cl)OCCO2)c1ccc(Br)nc1. The van der Waals surface area contributed by atoms with Crippen LogP contribution in [0.1, 0.15) is 10.4 Å². The van der Waals surface area contributed by atoms with Crippen molar-refractivity contribution in [3.63, 3.8) is 0 Å². The summed E-state index contributed by atoms with van der Waals surface area (Å²) in [5, 5.41) is 3.12. The highest BCUT2D eigenvalue weighted by molar-refractivity contribution is 9.10. The predicted octanol–water partition coefficient (Wildman–Crippen LogP) is 3.52. The second kappa shape index (κ2) is 5.91. The van der Waals surface area contributed by atoms with Crippen molar-refractivity contribution in [2.24, 2.45) is 0 Å². The third-order valence-corrected chi connectivity index (χ3v) is 3.65. The van der Waals surface area contributed by atoms with Crippen LogP contribution in [0.15, 0.2) is 35.1 Å². The first kappa shape index (κ1) is 14.2. The number of halogens is 2. The van der Waals surface area contributed by atoms with Gasteiger partial charge in [0, 0.05) is 18.3 Å². The third-order valence-electron chi connectivity index (χ3n) is 2.87. The molecule has 2 heterocycles. The van der Waals surface area contributed by atoms with Crippen molar-refractivity contribution < 1.29 is 14.3 Å². The molecule has 2 aromatic rings. The van der Waals surface area contributed by atoms with Crippen molar-refractivity contribution in [2.75, 3.05) is 18.5 Å². The molecule has 0 radical (unpaired) electrons.